The Morgan fingerprint density at radius 1 is 1.31 bits per heavy atom. The van der Waals surface area contributed by atoms with Crippen LogP contribution in [0.2, 0.25) is 0 Å². The lowest BCUT2D eigenvalue weighted by Crippen LogP contribution is -2.37. The van der Waals surface area contributed by atoms with Gasteiger partial charge in [-0.15, -0.1) is 24.0 Å². The molecule has 144 valence electrons. The van der Waals surface area contributed by atoms with Crippen LogP contribution in [-0.2, 0) is 20.1 Å². The van der Waals surface area contributed by atoms with Crippen LogP contribution in [0.3, 0.4) is 0 Å². The molecule has 1 aromatic carbocycles. The number of hydrogen-bond acceptors (Lipinski definition) is 3. The predicted molar refractivity (Wildman–Crippen MR) is 120 cm³/mol. The van der Waals surface area contributed by atoms with Crippen LogP contribution in [0.5, 0.6) is 5.75 Å². The van der Waals surface area contributed by atoms with Crippen molar-refractivity contribution in [2.75, 3.05) is 13.7 Å². The first-order chi connectivity index (χ1) is 12.0. The van der Waals surface area contributed by atoms with Crippen LogP contribution in [0.15, 0.2) is 27.7 Å². The van der Waals surface area contributed by atoms with Crippen molar-refractivity contribution in [1.29, 1.82) is 0 Å². The van der Waals surface area contributed by atoms with Crippen LogP contribution in [0.4, 0.5) is 0 Å². The second-order valence-corrected chi connectivity index (χ2v) is 6.64. The van der Waals surface area contributed by atoms with E-state index in [0.717, 1.165) is 34.0 Å². The summed E-state index contributed by atoms with van der Waals surface area (Å²) in [6.45, 7) is 8.26. The van der Waals surface area contributed by atoms with Gasteiger partial charge in [0.2, 0.25) is 0 Å². The molecule has 6 nitrogen and oxygen atoms in total. The lowest BCUT2D eigenvalue weighted by atomic mass is 10.2. The van der Waals surface area contributed by atoms with Crippen LogP contribution in [0.1, 0.15) is 29.4 Å². The number of methoxy groups -OCH3 is 1. The molecule has 0 fully saturated rings. The number of rotatable bonds is 6. The molecule has 0 aliphatic carbocycles. The Morgan fingerprint density at radius 2 is 2.04 bits per heavy atom. The smallest absolute Gasteiger partial charge is 0.191 e. The Balaban J connectivity index is 0.00000338. The average molecular weight is 536 g/mol. The highest BCUT2D eigenvalue weighted by atomic mass is 127. The third-order valence-electron chi connectivity index (χ3n) is 4.07. The molecule has 1 aromatic heterocycles. The van der Waals surface area contributed by atoms with Gasteiger partial charge in [-0.1, -0.05) is 6.07 Å². The van der Waals surface area contributed by atoms with E-state index in [9.17, 15) is 0 Å². The maximum atomic E-state index is 5.26. The van der Waals surface area contributed by atoms with E-state index in [1.807, 2.05) is 36.9 Å². The average Bonchev–Trinajstić information content (AvgIpc) is 2.83. The first-order valence-corrected chi connectivity index (χ1v) is 9.09. The fraction of sp³-hybridized carbons (Fsp3) is 0.444. The number of aromatic nitrogens is 2. The van der Waals surface area contributed by atoms with Crippen LogP contribution in [0, 0.1) is 13.8 Å². The minimum absolute atomic E-state index is 0. The molecule has 0 aliphatic heterocycles. The number of benzene rings is 1. The van der Waals surface area contributed by atoms with Gasteiger partial charge >= 0.3 is 0 Å². The van der Waals surface area contributed by atoms with E-state index in [1.54, 1.807) is 7.11 Å². The molecule has 1 heterocycles. The number of nitrogens with one attached hydrogen (secondary N) is 2. The van der Waals surface area contributed by atoms with Gasteiger partial charge in [0.25, 0.3) is 0 Å². The zero-order valence-corrected chi connectivity index (χ0v) is 19.8. The topological polar surface area (TPSA) is 63.5 Å². The van der Waals surface area contributed by atoms with Gasteiger partial charge in [0.05, 0.1) is 23.8 Å². The third-order valence-corrected chi connectivity index (χ3v) is 4.69. The largest absolute Gasteiger partial charge is 0.496 e. The van der Waals surface area contributed by atoms with Gasteiger partial charge in [-0.3, -0.25) is 4.68 Å². The summed E-state index contributed by atoms with van der Waals surface area (Å²) < 4.78 is 8.10. The lowest BCUT2D eigenvalue weighted by molar-refractivity contribution is 0.412. The Morgan fingerprint density at radius 3 is 2.58 bits per heavy atom. The van der Waals surface area contributed by atoms with Gasteiger partial charge in [-0.2, -0.15) is 5.10 Å². The number of aliphatic imine (C=N–C) groups is 1. The number of guanidine groups is 1. The summed E-state index contributed by atoms with van der Waals surface area (Å²) in [5, 5.41) is 11.1. The minimum Gasteiger partial charge on any atom is -0.496 e. The highest BCUT2D eigenvalue weighted by Gasteiger charge is 2.09. The van der Waals surface area contributed by atoms with E-state index in [0.29, 0.717) is 13.1 Å². The third kappa shape index (κ3) is 5.87. The number of halogens is 2. The Bertz CT molecular complexity index is 760. The molecule has 2 aromatic rings. The second-order valence-electron chi connectivity index (χ2n) is 5.79. The van der Waals surface area contributed by atoms with Gasteiger partial charge < -0.3 is 15.4 Å². The molecule has 0 unspecified atom stereocenters. The Labute approximate surface area is 181 Å². The van der Waals surface area contributed by atoms with Crippen molar-refractivity contribution in [2.45, 2.75) is 33.9 Å². The molecule has 2 N–H and O–H groups in total. The second kappa shape index (κ2) is 10.8. The van der Waals surface area contributed by atoms with E-state index in [4.69, 9.17) is 4.74 Å². The number of hydrogen-bond donors (Lipinski definition) is 2. The molecular formula is C18H27BrIN5O. The molecule has 26 heavy (non-hydrogen) atoms. The minimum atomic E-state index is 0. The first-order valence-electron chi connectivity index (χ1n) is 8.29. The summed E-state index contributed by atoms with van der Waals surface area (Å²) in [4.78, 5) is 4.67. The summed E-state index contributed by atoms with van der Waals surface area (Å²) >= 11 is 3.51. The maximum absolute atomic E-state index is 5.26. The molecule has 8 heteroatoms. The van der Waals surface area contributed by atoms with Crippen molar-refractivity contribution in [1.82, 2.24) is 20.4 Å². The summed E-state index contributed by atoms with van der Waals surface area (Å²) in [6, 6.07) is 5.99. The van der Waals surface area contributed by atoms with E-state index in [2.05, 4.69) is 50.5 Å². The molecule has 0 saturated carbocycles. The van der Waals surface area contributed by atoms with Crippen molar-refractivity contribution in [3.8, 4) is 5.75 Å². The van der Waals surface area contributed by atoms with Crippen LogP contribution in [0.25, 0.3) is 0 Å². The molecule has 0 amide bonds. The van der Waals surface area contributed by atoms with Crippen molar-refractivity contribution < 1.29 is 4.74 Å². The molecule has 0 atom stereocenters. The molecule has 0 spiro atoms. The molecule has 0 saturated heterocycles. The predicted octanol–water partition coefficient (Wildman–Crippen LogP) is 3.68. The summed E-state index contributed by atoms with van der Waals surface area (Å²) in [5.41, 5.74) is 4.53. The maximum Gasteiger partial charge on any atom is 0.191 e. The van der Waals surface area contributed by atoms with Gasteiger partial charge in [0.1, 0.15) is 5.75 Å². The van der Waals surface area contributed by atoms with E-state index in [1.165, 1.54) is 11.3 Å². The molecular weight excluding hydrogens is 509 g/mol. The quantitative estimate of drug-likeness (QED) is 0.336. The summed E-state index contributed by atoms with van der Waals surface area (Å²) in [7, 11) is 3.63. The fourth-order valence-corrected chi connectivity index (χ4v) is 3.15. The normalized spacial score (nSPS) is 11.1. The zero-order chi connectivity index (χ0) is 18.4. The highest BCUT2D eigenvalue weighted by Crippen LogP contribution is 2.25. The summed E-state index contributed by atoms with van der Waals surface area (Å²) in [6.07, 6.45) is 0. The SMILES string of the molecule is CCNC(=NCc1ccc(OC)c(Br)c1)NCc1c(C)nn(C)c1C.I. The van der Waals surface area contributed by atoms with Gasteiger partial charge in [0.15, 0.2) is 5.96 Å². The van der Waals surface area contributed by atoms with Crippen LogP contribution < -0.4 is 15.4 Å². The number of ether oxygens (including phenoxy) is 1. The first kappa shape index (κ1) is 22.8. The van der Waals surface area contributed by atoms with Crippen LogP contribution in [-0.4, -0.2) is 29.4 Å². The van der Waals surface area contributed by atoms with Crippen molar-refractivity contribution in [3.05, 3.63) is 45.2 Å². The van der Waals surface area contributed by atoms with Gasteiger partial charge in [-0.25, -0.2) is 4.99 Å². The Kier molecular flexibility index (Phi) is 9.42. The molecule has 2 rings (SSSR count). The Hall–Kier alpha value is -1.29. The van der Waals surface area contributed by atoms with Crippen molar-refractivity contribution >= 4 is 45.9 Å². The summed E-state index contributed by atoms with van der Waals surface area (Å²) in [5.74, 6) is 1.61. The van der Waals surface area contributed by atoms with Crippen molar-refractivity contribution in [3.63, 3.8) is 0 Å². The highest BCUT2D eigenvalue weighted by molar-refractivity contribution is 14.0. The van der Waals surface area contributed by atoms with Gasteiger partial charge in [-0.05, 0) is 54.4 Å². The van der Waals surface area contributed by atoms with E-state index < -0.39 is 0 Å². The van der Waals surface area contributed by atoms with E-state index in [-0.39, 0.29) is 24.0 Å². The molecule has 0 aliphatic rings. The lowest BCUT2D eigenvalue weighted by Gasteiger charge is -2.12. The zero-order valence-electron chi connectivity index (χ0n) is 15.9. The van der Waals surface area contributed by atoms with Crippen molar-refractivity contribution in [2.24, 2.45) is 12.0 Å². The number of aryl methyl sites for hydroxylation is 2. The van der Waals surface area contributed by atoms with Crippen LogP contribution >= 0.6 is 39.9 Å². The van der Waals surface area contributed by atoms with Gasteiger partial charge in [0, 0.05) is 31.4 Å². The molecule has 0 radical (unpaired) electrons. The number of nitrogens with zero attached hydrogens (tertiary/aromatic N) is 3. The molecule has 0 bridgehead atoms. The monoisotopic (exact) mass is 535 g/mol. The fourth-order valence-electron chi connectivity index (χ4n) is 2.57. The van der Waals surface area contributed by atoms with E-state index >= 15 is 0 Å². The standard InChI is InChI=1S/C18H26BrN5O.HI/c1-6-20-18(22-11-15-12(2)23-24(4)13(15)3)21-10-14-7-8-17(25-5)16(19)9-14;/h7-9H,6,10-11H2,1-5H3,(H2,20,21,22);1H.